The largest absolute Gasteiger partial charge is 0.480 e. The average molecular weight is 267 g/mol. The van der Waals surface area contributed by atoms with Crippen molar-refractivity contribution in [1.82, 2.24) is 4.98 Å². The Morgan fingerprint density at radius 1 is 1.20 bits per heavy atom. The molecule has 0 aliphatic carbocycles. The third kappa shape index (κ3) is 1.79. The molecule has 5 nitrogen and oxygen atoms in total. The first-order valence-electron chi connectivity index (χ1n) is 6.59. The van der Waals surface area contributed by atoms with Gasteiger partial charge in [-0.05, 0) is 35.7 Å². The number of rotatable bonds is 1. The number of amides is 1. The number of aromatic nitrogens is 1. The van der Waals surface area contributed by atoms with Crippen LogP contribution in [-0.4, -0.2) is 24.0 Å². The average Bonchev–Trinajstić information content (AvgIpc) is 2.94. The third-order valence-corrected chi connectivity index (χ3v) is 3.62. The Morgan fingerprint density at radius 2 is 2.15 bits per heavy atom. The SMILES string of the molecule is O=C1COc2cc(-c3ccc4c(c3)CCN4)cnc2N1. The number of ether oxygens (including phenoxy) is 1. The van der Waals surface area contributed by atoms with Gasteiger partial charge in [0.1, 0.15) is 0 Å². The van der Waals surface area contributed by atoms with Gasteiger partial charge < -0.3 is 15.4 Å². The molecule has 0 unspecified atom stereocenters. The van der Waals surface area contributed by atoms with E-state index in [9.17, 15) is 4.79 Å². The molecular weight excluding hydrogens is 254 g/mol. The van der Waals surface area contributed by atoms with Gasteiger partial charge in [-0.1, -0.05) is 6.07 Å². The first kappa shape index (κ1) is 11.3. The smallest absolute Gasteiger partial charge is 0.263 e. The van der Waals surface area contributed by atoms with E-state index < -0.39 is 0 Å². The van der Waals surface area contributed by atoms with Crippen molar-refractivity contribution < 1.29 is 9.53 Å². The number of nitrogens with one attached hydrogen (secondary N) is 2. The van der Waals surface area contributed by atoms with Crippen LogP contribution in [0.1, 0.15) is 5.56 Å². The van der Waals surface area contributed by atoms with Gasteiger partial charge in [0.05, 0.1) is 0 Å². The Balaban J connectivity index is 1.74. The molecule has 1 aromatic heterocycles. The van der Waals surface area contributed by atoms with Crippen molar-refractivity contribution in [3.8, 4) is 16.9 Å². The van der Waals surface area contributed by atoms with E-state index in [1.54, 1.807) is 6.20 Å². The van der Waals surface area contributed by atoms with Gasteiger partial charge in [0.25, 0.3) is 5.91 Å². The van der Waals surface area contributed by atoms with Gasteiger partial charge in [0.15, 0.2) is 18.2 Å². The number of carbonyl (C=O) groups excluding carboxylic acids is 1. The fraction of sp³-hybridized carbons (Fsp3) is 0.200. The second-order valence-electron chi connectivity index (χ2n) is 4.96. The van der Waals surface area contributed by atoms with Gasteiger partial charge in [-0.25, -0.2) is 4.98 Å². The van der Waals surface area contributed by atoms with E-state index in [1.165, 1.54) is 11.3 Å². The van der Waals surface area contributed by atoms with E-state index in [2.05, 4.69) is 33.8 Å². The van der Waals surface area contributed by atoms with Crippen LogP contribution in [0.3, 0.4) is 0 Å². The van der Waals surface area contributed by atoms with Crippen molar-refractivity contribution in [2.75, 3.05) is 23.8 Å². The molecule has 2 aromatic rings. The molecule has 4 rings (SSSR count). The molecule has 0 saturated carbocycles. The van der Waals surface area contributed by atoms with Crippen molar-refractivity contribution in [1.29, 1.82) is 0 Å². The summed E-state index contributed by atoms with van der Waals surface area (Å²) in [5.41, 5.74) is 4.65. The zero-order valence-corrected chi connectivity index (χ0v) is 10.8. The van der Waals surface area contributed by atoms with Gasteiger partial charge in [0, 0.05) is 24.0 Å². The molecule has 0 radical (unpaired) electrons. The van der Waals surface area contributed by atoms with E-state index in [1.807, 2.05) is 6.07 Å². The fourth-order valence-electron chi connectivity index (χ4n) is 2.60. The number of anilines is 2. The molecule has 100 valence electrons. The van der Waals surface area contributed by atoms with E-state index in [4.69, 9.17) is 4.74 Å². The first-order valence-corrected chi connectivity index (χ1v) is 6.59. The van der Waals surface area contributed by atoms with Crippen LogP contribution in [0.2, 0.25) is 0 Å². The summed E-state index contributed by atoms with van der Waals surface area (Å²) in [4.78, 5) is 15.5. The Bertz CT molecular complexity index is 712. The van der Waals surface area contributed by atoms with Crippen LogP contribution in [-0.2, 0) is 11.2 Å². The van der Waals surface area contributed by atoms with Gasteiger partial charge in [-0.3, -0.25) is 4.79 Å². The minimum atomic E-state index is -0.165. The molecule has 20 heavy (non-hydrogen) atoms. The first-order chi connectivity index (χ1) is 9.79. The predicted molar refractivity (Wildman–Crippen MR) is 76.0 cm³/mol. The summed E-state index contributed by atoms with van der Waals surface area (Å²) >= 11 is 0. The van der Waals surface area contributed by atoms with E-state index in [-0.39, 0.29) is 12.5 Å². The number of hydrogen-bond acceptors (Lipinski definition) is 4. The molecule has 2 aliphatic heterocycles. The van der Waals surface area contributed by atoms with E-state index in [0.717, 1.165) is 24.1 Å². The van der Waals surface area contributed by atoms with Gasteiger partial charge in [0.2, 0.25) is 0 Å². The topological polar surface area (TPSA) is 63.2 Å². The molecule has 0 atom stereocenters. The van der Waals surface area contributed by atoms with E-state index >= 15 is 0 Å². The van der Waals surface area contributed by atoms with Crippen molar-refractivity contribution >= 4 is 17.4 Å². The second kappa shape index (κ2) is 4.23. The summed E-state index contributed by atoms with van der Waals surface area (Å²) in [6, 6.07) is 8.27. The molecule has 1 aromatic carbocycles. The predicted octanol–water partition coefficient (Wildman–Crippen LogP) is 2.05. The summed E-state index contributed by atoms with van der Waals surface area (Å²) in [7, 11) is 0. The van der Waals surface area contributed by atoms with Crippen LogP contribution < -0.4 is 15.4 Å². The zero-order valence-electron chi connectivity index (χ0n) is 10.8. The molecule has 1 amide bonds. The lowest BCUT2D eigenvalue weighted by Gasteiger charge is -2.17. The maximum Gasteiger partial charge on any atom is 0.263 e. The van der Waals surface area contributed by atoms with Crippen molar-refractivity contribution in [3.05, 3.63) is 36.0 Å². The monoisotopic (exact) mass is 267 g/mol. The summed E-state index contributed by atoms with van der Waals surface area (Å²) in [5, 5.41) is 6.04. The van der Waals surface area contributed by atoms with Gasteiger partial charge in [-0.2, -0.15) is 0 Å². The Morgan fingerprint density at radius 3 is 3.10 bits per heavy atom. The van der Waals surface area contributed by atoms with E-state index in [0.29, 0.717) is 11.6 Å². The highest BCUT2D eigenvalue weighted by Gasteiger charge is 2.18. The molecule has 0 bridgehead atoms. The fourth-order valence-corrected chi connectivity index (χ4v) is 2.60. The normalized spacial score (nSPS) is 15.7. The molecular formula is C15H13N3O2. The molecule has 2 N–H and O–H groups in total. The van der Waals surface area contributed by atoms with Crippen LogP contribution in [0.25, 0.3) is 11.1 Å². The summed E-state index contributed by atoms with van der Waals surface area (Å²) in [6.45, 7) is 1.04. The molecule has 2 aliphatic rings. The van der Waals surface area contributed by atoms with Gasteiger partial charge in [-0.15, -0.1) is 0 Å². The minimum Gasteiger partial charge on any atom is -0.480 e. The maximum absolute atomic E-state index is 11.2. The number of fused-ring (bicyclic) bond motifs is 2. The molecule has 0 saturated heterocycles. The van der Waals surface area contributed by atoms with Crippen LogP contribution in [0.5, 0.6) is 5.75 Å². The quantitative estimate of drug-likeness (QED) is 0.830. The lowest BCUT2D eigenvalue weighted by Crippen LogP contribution is -2.26. The molecule has 3 heterocycles. The standard InChI is InChI=1S/C15H13N3O2/c19-14-8-20-13-6-11(7-17-15(13)18-14)9-1-2-12-10(5-9)3-4-16-12/h1-2,5-7,16H,3-4,8H2,(H,17,18,19). The molecule has 5 heteroatoms. The second-order valence-corrected chi connectivity index (χ2v) is 4.96. The summed E-state index contributed by atoms with van der Waals surface area (Å²) < 4.78 is 5.40. The number of benzene rings is 1. The Labute approximate surface area is 116 Å². The summed E-state index contributed by atoms with van der Waals surface area (Å²) in [5.74, 6) is 0.954. The number of nitrogens with zero attached hydrogens (tertiary/aromatic N) is 1. The van der Waals surface area contributed by atoms with Crippen molar-refractivity contribution in [2.45, 2.75) is 6.42 Å². The highest BCUT2D eigenvalue weighted by molar-refractivity contribution is 5.94. The zero-order chi connectivity index (χ0) is 13.5. The highest BCUT2D eigenvalue weighted by atomic mass is 16.5. The van der Waals surface area contributed by atoms with Crippen LogP contribution in [0.4, 0.5) is 11.5 Å². The van der Waals surface area contributed by atoms with Gasteiger partial charge >= 0.3 is 0 Å². The molecule has 0 fully saturated rings. The van der Waals surface area contributed by atoms with Crippen molar-refractivity contribution in [2.24, 2.45) is 0 Å². The highest BCUT2D eigenvalue weighted by Crippen LogP contribution is 2.33. The lowest BCUT2D eigenvalue weighted by molar-refractivity contribution is -0.118. The number of carbonyl (C=O) groups is 1. The lowest BCUT2D eigenvalue weighted by atomic mass is 10.0. The number of hydrogen-bond donors (Lipinski definition) is 2. The third-order valence-electron chi connectivity index (χ3n) is 3.62. The maximum atomic E-state index is 11.2. The molecule has 0 spiro atoms. The van der Waals surface area contributed by atoms with Crippen LogP contribution in [0, 0.1) is 0 Å². The minimum absolute atomic E-state index is 0.0479. The number of pyridine rings is 1. The Hall–Kier alpha value is -2.56. The van der Waals surface area contributed by atoms with Crippen LogP contribution >= 0.6 is 0 Å². The van der Waals surface area contributed by atoms with Crippen molar-refractivity contribution in [3.63, 3.8) is 0 Å². The van der Waals surface area contributed by atoms with Crippen LogP contribution in [0.15, 0.2) is 30.5 Å². The summed E-state index contributed by atoms with van der Waals surface area (Å²) in [6.07, 6.45) is 2.81. The Kier molecular flexibility index (Phi) is 2.39.